The van der Waals surface area contributed by atoms with Crippen molar-refractivity contribution in [2.75, 3.05) is 13.2 Å². The summed E-state index contributed by atoms with van der Waals surface area (Å²) in [5.74, 6) is 2.80. The molecule has 7 nitrogen and oxygen atoms in total. The van der Waals surface area contributed by atoms with E-state index in [0.717, 1.165) is 49.1 Å². The van der Waals surface area contributed by atoms with Gasteiger partial charge in [-0.05, 0) is 26.0 Å². The molecule has 0 saturated heterocycles. The monoisotopic (exact) mass is 353 g/mol. The Labute approximate surface area is 152 Å². The number of hydrogen-bond donors (Lipinski definition) is 0. The molecule has 136 valence electrons. The Bertz CT molecular complexity index is 858. The predicted octanol–water partition coefficient (Wildman–Crippen LogP) is 2.77. The van der Waals surface area contributed by atoms with Gasteiger partial charge in [-0.15, -0.1) is 0 Å². The Balaban J connectivity index is 1.39. The van der Waals surface area contributed by atoms with E-state index in [9.17, 15) is 0 Å². The lowest BCUT2D eigenvalue weighted by molar-refractivity contribution is 0.150. The first kappa shape index (κ1) is 16.8. The maximum atomic E-state index is 5.79. The summed E-state index contributed by atoms with van der Waals surface area (Å²) in [6, 6.07) is 5.99. The molecule has 0 amide bonds. The third kappa shape index (κ3) is 3.48. The van der Waals surface area contributed by atoms with Crippen molar-refractivity contribution in [3.63, 3.8) is 0 Å². The Morgan fingerprint density at radius 2 is 2.12 bits per heavy atom. The molecule has 0 unspecified atom stereocenters. The van der Waals surface area contributed by atoms with E-state index in [1.54, 1.807) is 12.4 Å². The SMILES string of the molecule is Cc1cc(CN2CCn3c(CCOc4ccncc4)cnc3[C@@H]2C)no1. The number of aromatic nitrogens is 4. The Morgan fingerprint density at radius 1 is 1.27 bits per heavy atom. The predicted molar refractivity (Wildman–Crippen MR) is 95.7 cm³/mol. The van der Waals surface area contributed by atoms with Gasteiger partial charge in [0.1, 0.15) is 17.3 Å². The first-order valence-electron chi connectivity index (χ1n) is 8.94. The summed E-state index contributed by atoms with van der Waals surface area (Å²) in [6.07, 6.45) is 6.29. The van der Waals surface area contributed by atoms with Gasteiger partial charge >= 0.3 is 0 Å². The highest BCUT2D eigenvalue weighted by atomic mass is 16.5. The number of hydrogen-bond acceptors (Lipinski definition) is 6. The second-order valence-corrected chi connectivity index (χ2v) is 6.62. The number of rotatable bonds is 6. The minimum atomic E-state index is 0.246. The summed E-state index contributed by atoms with van der Waals surface area (Å²) in [4.78, 5) is 11.1. The highest BCUT2D eigenvalue weighted by molar-refractivity contribution is 5.17. The fourth-order valence-corrected chi connectivity index (χ4v) is 3.43. The molecule has 4 heterocycles. The van der Waals surface area contributed by atoms with Crippen LogP contribution in [-0.2, 0) is 19.5 Å². The van der Waals surface area contributed by atoms with Crippen LogP contribution in [-0.4, -0.2) is 37.7 Å². The molecule has 0 spiro atoms. The van der Waals surface area contributed by atoms with Gasteiger partial charge in [0.2, 0.25) is 0 Å². The van der Waals surface area contributed by atoms with Gasteiger partial charge in [0.05, 0.1) is 18.3 Å². The Hall–Kier alpha value is -2.67. The van der Waals surface area contributed by atoms with E-state index in [2.05, 4.69) is 31.5 Å². The number of ether oxygens (including phenoxy) is 1. The average molecular weight is 353 g/mol. The average Bonchev–Trinajstić information content (AvgIpc) is 3.25. The van der Waals surface area contributed by atoms with Crippen LogP contribution < -0.4 is 4.74 Å². The number of aryl methyl sites for hydroxylation is 1. The minimum absolute atomic E-state index is 0.246. The van der Waals surface area contributed by atoms with Gasteiger partial charge in [-0.1, -0.05) is 5.16 Å². The third-order valence-electron chi connectivity index (χ3n) is 4.82. The van der Waals surface area contributed by atoms with Gasteiger partial charge in [-0.2, -0.15) is 0 Å². The zero-order chi connectivity index (χ0) is 17.9. The maximum absolute atomic E-state index is 5.79. The molecule has 0 saturated carbocycles. The van der Waals surface area contributed by atoms with Crippen LogP contribution in [0.4, 0.5) is 0 Å². The lowest BCUT2D eigenvalue weighted by atomic mass is 10.2. The van der Waals surface area contributed by atoms with Crippen molar-refractivity contribution >= 4 is 0 Å². The van der Waals surface area contributed by atoms with E-state index in [1.807, 2.05) is 31.3 Å². The van der Waals surface area contributed by atoms with Crippen molar-refractivity contribution in [3.05, 3.63) is 59.8 Å². The fourth-order valence-electron chi connectivity index (χ4n) is 3.43. The number of fused-ring (bicyclic) bond motifs is 1. The largest absolute Gasteiger partial charge is 0.493 e. The van der Waals surface area contributed by atoms with Crippen molar-refractivity contribution in [2.24, 2.45) is 0 Å². The molecule has 0 radical (unpaired) electrons. The molecule has 3 aromatic heterocycles. The molecule has 0 aromatic carbocycles. The van der Waals surface area contributed by atoms with Crippen LogP contribution in [0, 0.1) is 6.92 Å². The second kappa shape index (κ2) is 7.29. The Morgan fingerprint density at radius 3 is 2.88 bits per heavy atom. The summed E-state index contributed by atoms with van der Waals surface area (Å²) in [5.41, 5.74) is 2.19. The Kier molecular flexibility index (Phi) is 4.71. The van der Waals surface area contributed by atoms with Gasteiger partial charge in [-0.3, -0.25) is 9.88 Å². The second-order valence-electron chi connectivity index (χ2n) is 6.62. The van der Waals surface area contributed by atoms with Gasteiger partial charge < -0.3 is 13.8 Å². The lowest BCUT2D eigenvalue weighted by Gasteiger charge is -2.33. The zero-order valence-electron chi connectivity index (χ0n) is 15.1. The van der Waals surface area contributed by atoms with E-state index >= 15 is 0 Å². The number of nitrogens with zero attached hydrogens (tertiary/aromatic N) is 5. The van der Waals surface area contributed by atoms with Crippen molar-refractivity contribution in [1.29, 1.82) is 0 Å². The first-order valence-corrected chi connectivity index (χ1v) is 8.94. The van der Waals surface area contributed by atoms with Gasteiger partial charge in [-0.25, -0.2) is 4.98 Å². The summed E-state index contributed by atoms with van der Waals surface area (Å²) < 4.78 is 13.3. The highest BCUT2D eigenvalue weighted by Gasteiger charge is 2.27. The van der Waals surface area contributed by atoms with E-state index < -0.39 is 0 Å². The van der Waals surface area contributed by atoms with Crippen molar-refractivity contribution in [3.8, 4) is 5.75 Å². The summed E-state index contributed by atoms with van der Waals surface area (Å²) in [5, 5.41) is 4.11. The molecular weight excluding hydrogens is 330 g/mol. The molecular formula is C19H23N5O2. The number of pyridine rings is 1. The molecule has 0 bridgehead atoms. The molecule has 0 N–H and O–H groups in total. The fraction of sp³-hybridized carbons (Fsp3) is 0.421. The van der Waals surface area contributed by atoms with Crippen LogP contribution in [0.2, 0.25) is 0 Å². The van der Waals surface area contributed by atoms with Gasteiger partial charge in [0.15, 0.2) is 0 Å². The molecule has 1 aliphatic heterocycles. The summed E-state index contributed by atoms with van der Waals surface area (Å²) >= 11 is 0. The number of imidazole rings is 1. The van der Waals surface area contributed by atoms with Crippen LogP contribution in [0.1, 0.15) is 35.9 Å². The maximum Gasteiger partial charge on any atom is 0.133 e. The van der Waals surface area contributed by atoms with Crippen LogP contribution >= 0.6 is 0 Å². The van der Waals surface area contributed by atoms with Crippen molar-refractivity contribution < 1.29 is 9.26 Å². The molecule has 0 aliphatic carbocycles. The normalized spacial score (nSPS) is 17.2. The minimum Gasteiger partial charge on any atom is -0.493 e. The molecule has 3 aromatic rings. The molecule has 0 fully saturated rings. The zero-order valence-corrected chi connectivity index (χ0v) is 15.1. The summed E-state index contributed by atoms with van der Waals surface area (Å²) in [7, 11) is 0. The smallest absolute Gasteiger partial charge is 0.133 e. The molecule has 26 heavy (non-hydrogen) atoms. The third-order valence-corrected chi connectivity index (χ3v) is 4.82. The standard InChI is InChI=1S/C19H23N5O2/c1-14-11-16(22-26-14)13-23-8-9-24-17(12-21-19(24)15(23)2)5-10-25-18-3-6-20-7-4-18/h3-4,6-7,11-12,15H,5,8-10,13H2,1-2H3/t15-/m0/s1. The molecule has 1 atom stereocenters. The van der Waals surface area contributed by atoms with Crippen LogP contribution in [0.15, 0.2) is 41.3 Å². The van der Waals surface area contributed by atoms with E-state index in [-0.39, 0.29) is 6.04 Å². The molecule has 7 heteroatoms. The highest BCUT2D eigenvalue weighted by Crippen LogP contribution is 2.27. The van der Waals surface area contributed by atoms with Crippen molar-refractivity contribution in [2.45, 2.75) is 39.4 Å². The van der Waals surface area contributed by atoms with Crippen LogP contribution in [0.3, 0.4) is 0 Å². The van der Waals surface area contributed by atoms with Crippen LogP contribution in [0.25, 0.3) is 0 Å². The molecule has 4 rings (SSSR count). The van der Waals surface area contributed by atoms with E-state index in [4.69, 9.17) is 9.26 Å². The van der Waals surface area contributed by atoms with E-state index in [0.29, 0.717) is 6.61 Å². The summed E-state index contributed by atoms with van der Waals surface area (Å²) in [6.45, 7) is 7.43. The lowest BCUT2D eigenvalue weighted by Crippen LogP contribution is -2.37. The van der Waals surface area contributed by atoms with Crippen molar-refractivity contribution in [1.82, 2.24) is 24.6 Å². The van der Waals surface area contributed by atoms with E-state index in [1.165, 1.54) is 5.69 Å². The van der Waals surface area contributed by atoms with Gasteiger partial charge in [0.25, 0.3) is 0 Å². The van der Waals surface area contributed by atoms with Gasteiger partial charge in [0, 0.05) is 56.4 Å². The quantitative estimate of drug-likeness (QED) is 0.679. The molecule has 1 aliphatic rings. The first-order chi connectivity index (χ1) is 12.7. The topological polar surface area (TPSA) is 69.2 Å². The van der Waals surface area contributed by atoms with Crippen LogP contribution in [0.5, 0.6) is 5.75 Å².